The van der Waals surface area contributed by atoms with Gasteiger partial charge in [-0.2, -0.15) is 0 Å². The topological polar surface area (TPSA) is 74.6 Å². The highest BCUT2D eigenvalue weighted by atomic mass is 16.4. The van der Waals surface area contributed by atoms with Crippen LogP contribution in [0, 0.1) is 5.92 Å². The molecule has 0 spiro atoms. The summed E-state index contributed by atoms with van der Waals surface area (Å²) in [6, 6.07) is 0. The molecule has 2 N–H and O–H groups in total. The van der Waals surface area contributed by atoms with Gasteiger partial charge in [-0.05, 0) is 19.8 Å². The zero-order valence-electron chi connectivity index (χ0n) is 9.90. The molecule has 0 amide bonds. The maximum atomic E-state index is 10.8. The van der Waals surface area contributed by atoms with Gasteiger partial charge in [-0.1, -0.05) is 32.3 Å². The van der Waals surface area contributed by atoms with Gasteiger partial charge in [0.2, 0.25) is 0 Å². The second-order valence-corrected chi connectivity index (χ2v) is 3.87. The lowest BCUT2D eigenvalue weighted by Crippen LogP contribution is -2.18. The SMILES string of the molecule is CCCCCC/C=C(/C(=O)O)C(C)C(=O)O. The summed E-state index contributed by atoms with van der Waals surface area (Å²) in [6.07, 6.45) is 6.40. The first kappa shape index (κ1) is 14.7. The summed E-state index contributed by atoms with van der Waals surface area (Å²) >= 11 is 0. The van der Waals surface area contributed by atoms with E-state index in [1.165, 1.54) is 13.0 Å². The van der Waals surface area contributed by atoms with Crippen LogP contribution in [-0.2, 0) is 9.59 Å². The van der Waals surface area contributed by atoms with Crippen molar-refractivity contribution in [3.8, 4) is 0 Å². The highest BCUT2D eigenvalue weighted by molar-refractivity contribution is 5.93. The zero-order chi connectivity index (χ0) is 12.6. The van der Waals surface area contributed by atoms with Crippen LogP contribution >= 0.6 is 0 Å². The van der Waals surface area contributed by atoms with Crippen molar-refractivity contribution in [2.24, 2.45) is 5.92 Å². The van der Waals surface area contributed by atoms with E-state index >= 15 is 0 Å². The van der Waals surface area contributed by atoms with Gasteiger partial charge in [0.1, 0.15) is 0 Å². The average Bonchev–Trinajstić information content (AvgIpc) is 2.21. The minimum Gasteiger partial charge on any atom is -0.481 e. The van der Waals surface area contributed by atoms with Gasteiger partial charge in [-0.25, -0.2) is 4.79 Å². The van der Waals surface area contributed by atoms with Crippen LogP contribution in [0.5, 0.6) is 0 Å². The molecule has 16 heavy (non-hydrogen) atoms. The smallest absolute Gasteiger partial charge is 0.332 e. The van der Waals surface area contributed by atoms with Gasteiger partial charge in [0.25, 0.3) is 0 Å². The van der Waals surface area contributed by atoms with Crippen molar-refractivity contribution in [2.75, 3.05) is 0 Å². The standard InChI is InChI=1S/C12H20O4/c1-3-4-5-6-7-8-10(12(15)16)9(2)11(13)14/h8-9H,3-7H2,1-2H3,(H,13,14)(H,15,16)/b10-8+. The predicted molar refractivity (Wildman–Crippen MR) is 61.3 cm³/mol. The lowest BCUT2D eigenvalue weighted by molar-refractivity contribution is -0.143. The Labute approximate surface area is 96.0 Å². The van der Waals surface area contributed by atoms with Crippen LogP contribution in [0.3, 0.4) is 0 Å². The van der Waals surface area contributed by atoms with E-state index in [0.29, 0.717) is 6.42 Å². The van der Waals surface area contributed by atoms with Crippen molar-refractivity contribution in [1.29, 1.82) is 0 Å². The Hall–Kier alpha value is -1.32. The van der Waals surface area contributed by atoms with E-state index in [1.807, 2.05) is 0 Å². The number of rotatable bonds is 8. The fourth-order valence-corrected chi connectivity index (χ4v) is 1.41. The van der Waals surface area contributed by atoms with Crippen LogP contribution in [0.2, 0.25) is 0 Å². The van der Waals surface area contributed by atoms with Crippen LogP contribution in [0.25, 0.3) is 0 Å². The van der Waals surface area contributed by atoms with Crippen molar-refractivity contribution in [1.82, 2.24) is 0 Å². The lowest BCUT2D eigenvalue weighted by atomic mass is 9.99. The maximum absolute atomic E-state index is 10.8. The third kappa shape index (κ3) is 5.53. The molecule has 0 rings (SSSR count). The summed E-state index contributed by atoms with van der Waals surface area (Å²) in [5, 5.41) is 17.6. The van der Waals surface area contributed by atoms with Gasteiger partial charge in [0.15, 0.2) is 0 Å². The number of allylic oxidation sites excluding steroid dienone is 1. The average molecular weight is 228 g/mol. The van der Waals surface area contributed by atoms with Gasteiger partial charge in [0.05, 0.1) is 5.92 Å². The van der Waals surface area contributed by atoms with Gasteiger partial charge in [-0.3, -0.25) is 4.79 Å². The van der Waals surface area contributed by atoms with Crippen LogP contribution in [-0.4, -0.2) is 22.2 Å². The van der Waals surface area contributed by atoms with Gasteiger partial charge < -0.3 is 10.2 Å². The summed E-state index contributed by atoms with van der Waals surface area (Å²) < 4.78 is 0. The first-order valence-corrected chi connectivity index (χ1v) is 5.66. The summed E-state index contributed by atoms with van der Waals surface area (Å²) in [6.45, 7) is 3.50. The number of aliphatic carboxylic acids is 2. The van der Waals surface area contributed by atoms with Crippen LogP contribution in [0.4, 0.5) is 0 Å². The van der Waals surface area contributed by atoms with Crippen molar-refractivity contribution in [3.05, 3.63) is 11.6 Å². The third-order valence-corrected chi connectivity index (χ3v) is 2.51. The quantitative estimate of drug-likeness (QED) is 0.494. The molecule has 0 saturated heterocycles. The Balaban J connectivity index is 4.26. The molecular weight excluding hydrogens is 208 g/mol. The summed E-state index contributed by atoms with van der Waals surface area (Å²) in [5.74, 6) is -3.17. The van der Waals surface area contributed by atoms with E-state index < -0.39 is 17.9 Å². The van der Waals surface area contributed by atoms with E-state index in [0.717, 1.165) is 25.7 Å². The molecule has 0 fully saturated rings. The third-order valence-electron chi connectivity index (χ3n) is 2.51. The van der Waals surface area contributed by atoms with Crippen LogP contribution < -0.4 is 0 Å². The van der Waals surface area contributed by atoms with Crippen molar-refractivity contribution in [3.63, 3.8) is 0 Å². The van der Waals surface area contributed by atoms with Crippen LogP contribution in [0.1, 0.15) is 46.0 Å². The predicted octanol–water partition coefficient (Wildman–Crippen LogP) is 2.69. The van der Waals surface area contributed by atoms with E-state index in [4.69, 9.17) is 10.2 Å². The number of hydrogen-bond acceptors (Lipinski definition) is 2. The van der Waals surface area contributed by atoms with E-state index in [-0.39, 0.29) is 5.57 Å². The van der Waals surface area contributed by atoms with Crippen LogP contribution in [0.15, 0.2) is 11.6 Å². The Kier molecular flexibility index (Phi) is 7.25. The molecule has 0 aliphatic carbocycles. The molecule has 0 aliphatic rings. The Morgan fingerprint density at radius 1 is 1.19 bits per heavy atom. The fraction of sp³-hybridized carbons (Fsp3) is 0.667. The number of carboxylic acid groups (broad SMARTS) is 2. The van der Waals surface area contributed by atoms with Gasteiger partial charge in [-0.15, -0.1) is 0 Å². The molecule has 0 aromatic rings. The minimum absolute atomic E-state index is 0.0102. The molecule has 0 heterocycles. The van der Waals surface area contributed by atoms with Crippen molar-refractivity contribution in [2.45, 2.75) is 46.0 Å². The normalized spacial score (nSPS) is 13.5. The molecule has 0 aliphatic heterocycles. The number of carboxylic acids is 2. The first-order valence-electron chi connectivity index (χ1n) is 5.66. The second-order valence-electron chi connectivity index (χ2n) is 3.87. The number of hydrogen-bond donors (Lipinski definition) is 2. The summed E-state index contributed by atoms with van der Waals surface area (Å²) in [5.41, 5.74) is -0.0102. The van der Waals surface area contributed by atoms with Gasteiger partial charge in [0, 0.05) is 5.57 Å². The summed E-state index contributed by atoms with van der Waals surface area (Å²) in [4.78, 5) is 21.5. The molecule has 0 aromatic heterocycles. The summed E-state index contributed by atoms with van der Waals surface area (Å²) in [7, 11) is 0. The molecule has 4 nitrogen and oxygen atoms in total. The molecule has 0 radical (unpaired) electrons. The highest BCUT2D eigenvalue weighted by Crippen LogP contribution is 2.14. The molecule has 0 saturated carbocycles. The first-order chi connectivity index (χ1) is 7.50. The molecule has 4 heteroatoms. The molecule has 0 bridgehead atoms. The van der Waals surface area contributed by atoms with Crippen molar-refractivity contribution >= 4 is 11.9 Å². The fourth-order valence-electron chi connectivity index (χ4n) is 1.41. The number of unbranched alkanes of at least 4 members (excludes halogenated alkanes) is 4. The second kappa shape index (κ2) is 7.91. The Bertz CT molecular complexity index is 268. The van der Waals surface area contributed by atoms with Crippen molar-refractivity contribution < 1.29 is 19.8 Å². The lowest BCUT2D eigenvalue weighted by Gasteiger charge is -2.07. The molecule has 1 atom stereocenters. The minimum atomic E-state index is -1.13. The Morgan fingerprint density at radius 3 is 2.25 bits per heavy atom. The molecular formula is C12H20O4. The zero-order valence-corrected chi connectivity index (χ0v) is 9.90. The maximum Gasteiger partial charge on any atom is 0.332 e. The molecule has 0 aromatic carbocycles. The monoisotopic (exact) mass is 228 g/mol. The van der Waals surface area contributed by atoms with E-state index in [9.17, 15) is 9.59 Å². The molecule has 92 valence electrons. The highest BCUT2D eigenvalue weighted by Gasteiger charge is 2.21. The van der Waals surface area contributed by atoms with Gasteiger partial charge >= 0.3 is 11.9 Å². The number of carbonyl (C=O) groups is 2. The largest absolute Gasteiger partial charge is 0.481 e. The van der Waals surface area contributed by atoms with E-state index in [1.54, 1.807) is 0 Å². The Morgan fingerprint density at radius 2 is 1.81 bits per heavy atom. The molecule has 1 unspecified atom stereocenters. The van der Waals surface area contributed by atoms with E-state index in [2.05, 4.69) is 6.92 Å².